The summed E-state index contributed by atoms with van der Waals surface area (Å²) in [4.78, 5) is 3.84. The van der Waals surface area contributed by atoms with Gasteiger partial charge in [0.05, 0.1) is 0 Å². The summed E-state index contributed by atoms with van der Waals surface area (Å²) in [5.41, 5.74) is 0. The van der Waals surface area contributed by atoms with Crippen LogP contribution >= 0.6 is 15.9 Å². The predicted molar refractivity (Wildman–Crippen MR) is 31.9 cm³/mol. The van der Waals surface area contributed by atoms with Crippen molar-refractivity contribution >= 4 is 15.9 Å². The number of nitrogens with zero attached hydrogens (tertiary/aromatic N) is 1. The number of rotatable bonds is 0. The molecule has 0 radical (unpaired) electrons. The van der Waals surface area contributed by atoms with Gasteiger partial charge >= 0.3 is 0 Å². The van der Waals surface area contributed by atoms with E-state index in [2.05, 4.69) is 20.9 Å². The summed E-state index contributed by atoms with van der Waals surface area (Å²) in [7, 11) is 0. The van der Waals surface area contributed by atoms with Crippen molar-refractivity contribution in [1.82, 2.24) is 4.98 Å². The fourth-order valence-corrected chi connectivity index (χ4v) is 0.613. The molecular weight excluding hydrogens is 155 g/mol. The summed E-state index contributed by atoms with van der Waals surface area (Å²) in [5.74, 6) is 0. The quantitative estimate of drug-likeness (QED) is 0.562. The highest BCUT2D eigenvalue weighted by Crippen LogP contribution is 2.02. The van der Waals surface area contributed by atoms with Crippen LogP contribution in [0.5, 0.6) is 0 Å². The van der Waals surface area contributed by atoms with Crippen molar-refractivity contribution < 1.29 is 0 Å². The van der Waals surface area contributed by atoms with Crippen LogP contribution < -0.4 is 0 Å². The first-order valence-corrected chi connectivity index (χ1v) is 2.74. The van der Waals surface area contributed by atoms with Gasteiger partial charge in [-0.3, -0.25) is 4.98 Å². The molecule has 0 amide bonds. The average molecular weight is 159 g/mol. The number of hydrogen-bond acceptors (Lipinski definition) is 1. The molecule has 1 rings (SSSR count). The van der Waals surface area contributed by atoms with Gasteiger partial charge in [0, 0.05) is 16.9 Å². The van der Waals surface area contributed by atoms with E-state index in [4.69, 9.17) is 0 Å². The third kappa shape index (κ3) is 1.27. The Morgan fingerprint density at radius 2 is 2.43 bits per heavy atom. The maximum Gasteiger partial charge on any atom is 0.0410 e. The lowest BCUT2D eigenvalue weighted by Crippen LogP contribution is -1.64. The topological polar surface area (TPSA) is 12.9 Å². The second-order valence-corrected chi connectivity index (χ2v) is 2.09. The smallest absolute Gasteiger partial charge is 0.0410 e. The summed E-state index contributed by atoms with van der Waals surface area (Å²) >= 11 is 3.25. The molecule has 1 aromatic heterocycles. The van der Waals surface area contributed by atoms with Crippen LogP contribution in [0, 0.1) is 0 Å². The Balaban J connectivity index is 3.02. The molecule has 0 aliphatic carbocycles. The molecule has 0 N–H and O–H groups in total. The molecule has 2 heteroatoms. The van der Waals surface area contributed by atoms with Crippen molar-refractivity contribution in [1.29, 1.82) is 0 Å². The first-order valence-electron chi connectivity index (χ1n) is 1.95. The van der Waals surface area contributed by atoms with Crippen LogP contribution in [-0.4, -0.2) is 4.98 Å². The highest BCUT2D eigenvalue weighted by atomic mass is 79.9. The molecule has 0 unspecified atom stereocenters. The fourth-order valence-electron chi connectivity index (χ4n) is 0.342. The zero-order valence-electron chi connectivity index (χ0n) is 3.63. The van der Waals surface area contributed by atoms with Crippen LogP contribution in [0.1, 0.15) is 0 Å². The van der Waals surface area contributed by atoms with Crippen LogP contribution in [0.3, 0.4) is 0 Å². The second-order valence-electron chi connectivity index (χ2n) is 1.17. The highest BCUT2D eigenvalue weighted by molar-refractivity contribution is 9.10. The van der Waals surface area contributed by atoms with Crippen LogP contribution in [0.2, 0.25) is 0 Å². The average Bonchev–Trinajstić information content (AvgIpc) is 1.69. The Bertz CT molecular complexity index is 138. The minimum absolute atomic E-state index is 1.02. The van der Waals surface area contributed by atoms with Crippen LogP contribution in [0.4, 0.5) is 0 Å². The van der Waals surface area contributed by atoms with E-state index in [0.29, 0.717) is 0 Å². The normalized spacial score (nSPS) is 8.71. The van der Waals surface area contributed by atoms with E-state index in [-0.39, 0.29) is 0 Å². The zero-order valence-corrected chi connectivity index (χ0v) is 5.22. The molecule has 36 valence electrons. The van der Waals surface area contributed by atoms with Crippen molar-refractivity contribution in [2.24, 2.45) is 0 Å². The molecule has 1 aromatic rings. The van der Waals surface area contributed by atoms with Gasteiger partial charge in [-0.1, -0.05) is 0 Å². The van der Waals surface area contributed by atoms with Gasteiger partial charge in [0.1, 0.15) is 0 Å². The lowest BCUT2D eigenvalue weighted by molar-refractivity contribution is 1.31. The van der Waals surface area contributed by atoms with Crippen molar-refractivity contribution in [3.8, 4) is 0 Å². The maximum absolute atomic E-state index is 3.84. The van der Waals surface area contributed by atoms with E-state index in [1.165, 1.54) is 0 Å². The number of aromatic nitrogens is 1. The number of halogens is 1. The largest absolute Gasteiger partial charge is 0.264 e. The Labute approximate surface area is 50.5 Å². The first-order chi connectivity index (χ1) is 3.39. The first kappa shape index (κ1) is 4.78. The van der Waals surface area contributed by atoms with E-state index in [1.807, 2.05) is 12.1 Å². The summed E-state index contributed by atoms with van der Waals surface area (Å²) in [6.07, 6.45) is 3.49. The molecule has 0 aromatic carbocycles. The van der Waals surface area contributed by atoms with Gasteiger partial charge in [0.25, 0.3) is 0 Å². The summed E-state index contributed by atoms with van der Waals surface area (Å²) in [6.45, 7) is 0. The van der Waals surface area contributed by atoms with E-state index in [9.17, 15) is 0 Å². The molecular formula is C5H4BrN. The zero-order chi connectivity index (χ0) is 5.11. The molecule has 0 saturated heterocycles. The molecule has 7 heavy (non-hydrogen) atoms. The van der Waals surface area contributed by atoms with Gasteiger partial charge in [-0.05, 0) is 28.1 Å². The molecule has 1 heterocycles. The van der Waals surface area contributed by atoms with Gasteiger partial charge in [0.15, 0.2) is 0 Å². The maximum atomic E-state index is 3.84. The fraction of sp³-hybridized carbons (Fsp3) is 0. The molecule has 0 spiro atoms. The minimum Gasteiger partial charge on any atom is -0.264 e. The monoisotopic (exact) mass is 158 g/mol. The van der Waals surface area contributed by atoms with Crippen molar-refractivity contribution in [2.45, 2.75) is 0 Å². The predicted octanol–water partition coefficient (Wildman–Crippen LogP) is 1.84. The van der Waals surface area contributed by atoms with Gasteiger partial charge in [-0.15, -0.1) is 0 Å². The number of pyridine rings is 1. The Morgan fingerprint density at radius 1 is 1.57 bits per heavy atom. The van der Waals surface area contributed by atoms with Crippen LogP contribution in [-0.2, 0) is 0 Å². The van der Waals surface area contributed by atoms with Crippen molar-refractivity contribution in [3.05, 3.63) is 29.0 Å². The van der Waals surface area contributed by atoms with E-state index >= 15 is 0 Å². The minimum atomic E-state index is 1.02. The summed E-state index contributed by atoms with van der Waals surface area (Å²) in [5, 5.41) is 0. The Hall–Kier alpha value is -0.370. The molecule has 0 aliphatic rings. The molecule has 0 atom stereocenters. The van der Waals surface area contributed by atoms with E-state index < -0.39 is 0 Å². The van der Waals surface area contributed by atoms with E-state index in [0.717, 1.165) is 4.47 Å². The highest BCUT2D eigenvalue weighted by Gasteiger charge is 1.75. The molecule has 0 bridgehead atoms. The van der Waals surface area contributed by atoms with Crippen molar-refractivity contribution in [3.63, 3.8) is 0 Å². The van der Waals surface area contributed by atoms with Gasteiger partial charge in [-0.2, -0.15) is 0 Å². The Kier molecular flexibility index (Phi) is 1.42. The Morgan fingerprint density at radius 3 is 2.71 bits per heavy atom. The standard InChI is InChI=1S/C5H4BrN/c6-5-2-1-3-7-4-5/h1-4H/i7+1. The third-order valence-corrected chi connectivity index (χ3v) is 1.09. The summed E-state index contributed by atoms with van der Waals surface area (Å²) < 4.78 is 1.02. The third-order valence-electron chi connectivity index (χ3n) is 0.625. The van der Waals surface area contributed by atoms with E-state index in [1.54, 1.807) is 12.4 Å². The number of hydrogen-bond donors (Lipinski definition) is 0. The second kappa shape index (κ2) is 2.07. The lowest BCUT2D eigenvalue weighted by Gasteiger charge is -1.80. The van der Waals surface area contributed by atoms with Gasteiger partial charge in [-0.25, -0.2) is 0 Å². The van der Waals surface area contributed by atoms with Crippen molar-refractivity contribution in [2.75, 3.05) is 0 Å². The van der Waals surface area contributed by atoms with Crippen LogP contribution in [0.15, 0.2) is 29.0 Å². The SMILES string of the molecule is Brc1ccc[15n]c1. The molecule has 0 aliphatic heterocycles. The van der Waals surface area contributed by atoms with Gasteiger partial charge in [0.2, 0.25) is 0 Å². The summed E-state index contributed by atoms with van der Waals surface area (Å²) in [6, 6.07) is 3.82. The molecule has 0 saturated carbocycles. The van der Waals surface area contributed by atoms with Gasteiger partial charge < -0.3 is 0 Å². The lowest BCUT2D eigenvalue weighted by atomic mass is 10.5. The molecule has 0 fully saturated rings. The van der Waals surface area contributed by atoms with Crippen LogP contribution in [0.25, 0.3) is 0 Å². The molecule has 1 nitrogen and oxygen atoms in total.